The highest BCUT2D eigenvalue weighted by molar-refractivity contribution is 5.99. The van der Waals surface area contributed by atoms with Crippen molar-refractivity contribution in [3.05, 3.63) is 71.0 Å². The van der Waals surface area contributed by atoms with E-state index in [0.29, 0.717) is 39.3 Å². The third-order valence-electron chi connectivity index (χ3n) is 5.42. The number of amides is 3. The van der Waals surface area contributed by atoms with Crippen molar-refractivity contribution in [1.82, 2.24) is 15.1 Å². The highest BCUT2D eigenvalue weighted by Gasteiger charge is 2.24. The SMILES string of the molecule is O=C(CNC(=O)C(F)F)c1ccc(CN(CCc2ccccc2)C(=O)N2CCOCC2)c(F)c1. The Morgan fingerprint density at radius 1 is 1.06 bits per heavy atom. The van der Waals surface area contributed by atoms with Gasteiger partial charge in [0.2, 0.25) is 0 Å². The number of alkyl halides is 2. The molecule has 0 unspecified atom stereocenters. The Balaban J connectivity index is 1.70. The number of halogens is 3. The van der Waals surface area contributed by atoms with Crippen molar-refractivity contribution >= 4 is 17.7 Å². The fraction of sp³-hybridized carbons (Fsp3) is 0.375. The van der Waals surface area contributed by atoms with Crippen molar-refractivity contribution < 1.29 is 32.3 Å². The molecular weight excluding hydrogens is 451 g/mol. The Labute approximate surface area is 195 Å². The Bertz CT molecular complexity index is 998. The monoisotopic (exact) mass is 477 g/mol. The van der Waals surface area contributed by atoms with Crippen molar-refractivity contribution in [2.45, 2.75) is 19.4 Å². The zero-order valence-corrected chi connectivity index (χ0v) is 18.5. The predicted molar refractivity (Wildman–Crippen MR) is 118 cm³/mol. The molecular formula is C24H26F3N3O4. The fourth-order valence-electron chi connectivity index (χ4n) is 3.51. The van der Waals surface area contributed by atoms with Gasteiger partial charge in [0.15, 0.2) is 5.78 Å². The Morgan fingerprint density at radius 2 is 1.76 bits per heavy atom. The second-order valence-corrected chi connectivity index (χ2v) is 7.79. The van der Waals surface area contributed by atoms with Gasteiger partial charge in [-0.05, 0) is 18.1 Å². The number of benzene rings is 2. The molecule has 1 N–H and O–H groups in total. The van der Waals surface area contributed by atoms with Gasteiger partial charge in [-0.2, -0.15) is 8.78 Å². The number of nitrogens with zero attached hydrogens (tertiary/aromatic N) is 2. The van der Waals surface area contributed by atoms with Gasteiger partial charge in [0.25, 0.3) is 5.91 Å². The summed E-state index contributed by atoms with van der Waals surface area (Å²) in [6.07, 6.45) is -2.66. The van der Waals surface area contributed by atoms with Crippen LogP contribution >= 0.6 is 0 Å². The number of ether oxygens (including phenoxy) is 1. The van der Waals surface area contributed by atoms with Gasteiger partial charge in [0, 0.05) is 30.8 Å². The van der Waals surface area contributed by atoms with Crippen molar-refractivity contribution in [2.75, 3.05) is 39.4 Å². The minimum absolute atomic E-state index is 0.00849. The number of Topliss-reactive ketones (excluding diaryl/α,β-unsaturated/α-hetero) is 1. The van der Waals surface area contributed by atoms with Crippen LogP contribution in [0.3, 0.4) is 0 Å². The molecule has 0 spiro atoms. The van der Waals surface area contributed by atoms with E-state index in [4.69, 9.17) is 4.74 Å². The summed E-state index contributed by atoms with van der Waals surface area (Å²) in [6.45, 7) is 1.45. The molecule has 10 heteroatoms. The van der Waals surface area contributed by atoms with Crippen LogP contribution < -0.4 is 5.32 Å². The van der Waals surface area contributed by atoms with E-state index in [0.717, 1.165) is 11.6 Å². The summed E-state index contributed by atoms with van der Waals surface area (Å²) in [5, 5.41) is 1.80. The first-order valence-electron chi connectivity index (χ1n) is 10.9. The zero-order chi connectivity index (χ0) is 24.5. The first-order chi connectivity index (χ1) is 16.3. The molecule has 3 rings (SSSR count). The van der Waals surface area contributed by atoms with Gasteiger partial charge in [-0.1, -0.05) is 42.5 Å². The minimum atomic E-state index is -3.24. The molecule has 1 aliphatic rings. The number of hydrogen-bond donors (Lipinski definition) is 1. The van der Waals surface area contributed by atoms with Crippen LogP contribution in [0.4, 0.5) is 18.0 Å². The average molecular weight is 477 g/mol. The maximum atomic E-state index is 14.8. The van der Waals surface area contributed by atoms with Gasteiger partial charge in [-0.25, -0.2) is 9.18 Å². The van der Waals surface area contributed by atoms with E-state index in [1.807, 2.05) is 30.3 Å². The molecule has 0 atom stereocenters. The molecule has 0 aromatic heterocycles. The lowest BCUT2D eigenvalue weighted by atomic mass is 10.1. The normalized spacial score (nSPS) is 13.6. The molecule has 34 heavy (non-hydrogen) atoms. The predicted octanol–water partition coefficient (Wildman–Crippen LogP) is 2.89. The number of ketones is 1. The Kier molecular flexibility index (Phi) is 9.03. The van der Waals surface area contributed by atoms with Crippen LogP contribution in [0.2, 0.25) is 0 Å². The van der Waals surface area contributed by atoms with E-state index in [9.17, 15) is 27.6 Å². The van der Waals surface area contributed by atoms with Crippen LogP contribution in [-0.4, -0.2) is 73.3 Å². The highest BCUT2D eigenvalue weighted by atomic mass is 19.3. The summed E-state index contributed by atoms with van der Waals surface area (Å²) in [5.74, 6) is -2.98. The van der Waals surface area contributed by atoms with E-state index in [-0.39, 0.29) is 23.7 Å². The molecule has 182 valence electrons. The number of hydrogen-bond acceptors (Lipinski definition) is 4. The van der Waals surface area contributed by atoms with E-state index in [1.165, 1.54) is 12.1 Å². The number of rotatable bonds is 9. The second kappa shape index (κ2) is 12.2. The summed E-state index contributed by atoms with van der Waals surface area (Å²) >= 11 is 0. The van der Waals surface area contributed by atoms with Crippen molar-refractivity contribution in [2.24, 2.45) is 0 Å². The van der Waals surface area contributed by atoms with Gasteiger partial charge in [0.05, 0.1) is 26.3 Å². The van der Waals surface area contributed by atoms with Crippen LogP contribution in [0, 0.1) is 5.82 Å². The maximum Gasteiger partial charge on any atom is 0.320 e. The summed E-state index contributed by atoms with van der Waals surface area (Å²) in [6, 6.07) is 13.1. The zero-order valence-electron chi connectivity index (χ0n) is 18.5. The Hall–Kier alpha value is -3.40. The molecule has 0 bridgehead atoms. The van der Waals surface area contributed by atoms with E-state index in [1.54, 1.807) is 15.1 Å². The van der Waals surface area contributed by atoms with Gasteiger partial charge in [0.1, 0.15) is 5.82 Å². The van der Waals surface area contributed by atoms with Crippen LogP contribution in [0.25, 0.3) is 0 Å². The second-order valence-electron chi connectivity index (χ2n) is 7.79. The first-order valence-corrected chi connectivity index (χ1v) is 10.9. The highest BCUT2D eigenvalue weighted by Crippen LogP contribution is 2.16. The molecule has 0 radical (unpaired) electrons. The van der Waals surface area contributed by atoms with Gasteiger partial charge < -0.3 is 19.9 Å². The lowest BCUT2D eigenvalue weighted by molar-refractivity contribution is -0.131. The first kappa shape index (κ1) is 25.2. The topological polar surface area (TPSA) is 79.0 Å². The quantitative estimate of drug-likeness (QED) is 0.564. The Morgan fingerprint density at radius 3 is 2.41 bits per heavy atom. The molecule has 0 aliphatic carbocycles. The minimum Gasteiger partial charge on any atom is -0.378 e. The number of carbonyl (C=O) groups excluding carboxylic acids is 3. The summed E-state index contributed by atoms with van der Waals surface area (Å²) in [7, 11) is 0. The summed E-state index contributed by atoms with van der Waals surface area (Å²) < 4.78 is 44.7. The number of nitrogens with one attached hydrogen (secondary N) is 1. The fourth-order valence-corrected chi connectivity index (χ4v) is 3.51. The largest absolute Gasteiger partial charge is 0.378 e. The van der Waals surface area contributed by atoms with E-state index >= 15 is 0 Å². The van der Waals surface area contributed by atoms with E-state index < -0.39 is 30.5 Å². The number of carbonyl (C=O) groups is 3. The molecule has 1 heterocycles. The third-order valence-corrected chi connectivity index (χ3v) is 5.42. The summed E-state index contributed by atoms with van der Waals surface area (Å²) in [5.41, 5.74) is 1.18. The van der Waals surface area contributed by atoms with Crippen molar-refractivity contribution in [3.8, 4) is 0 Å². The number of morpholine rings is 1. The van der Waals surface area contributed by atoms with Gasteiger partial charge >= 0.3 is 12.5 Å². The molecule has 0 saturated carbocycles. The summed E-state index contributed by atoms with van der Waals surface area (Å²) in [4.78, 5) is 39.4. The van der Waals surface area contributed by atoms with E-state index in [2.05, 4.69) is 0 Å². The van der Waals surface area contributed by atoms with Crippen LogP contribution in [0.1, 0.15) is 21.5 Å². The van der Waals surface area contributed by atoms with Crippen LogP contribution in [0.5, 0.6) is 0 Å². The molecule has 2 aromatic carbocycles. The molecule has 2 aromatic rings. The van der Waals surface area contributed by atoms with Gasteiger partial charge in [-0.3, -0.25) is 9.59 Å². The smallest absolute Gasteiger partial charge is 0.320 e. The average Bonchev–Trinajstić information content (AvgIpc) is 2.86. The molecule has 1 aliphatic heterocycles. The maximum absolute atomic E-state index is 14.8. The molecule has 1 saturated heterocycles. The molecule has 1 fully saturated rings. The standard InChI is InChI=1S/C24H26F3N3O4/c25-20-14-18(21(31)15-28-23(32)22(26)27)6-7-19(20)16-30(9-8-17-4-2-1-3-5-17)24(33)29-10-12-34-13-11-29/h1-7,14,22H,8-13,15-16H2,(H,28,32). The van der Waals surface area contributed by atoms with Crippen molar-refractivity contribution in [1.29, 1.82) is 0 Å². The lowest BCUT2D eigenvalue weighted by Crippen LogP contribution is -2.48. The number of urea groups is 1. The lowest BCUT2D eigenvalue weighted by Gasteiger charge is -2.33. The van der Waals surface area contributed by atoms with Crippen LogP contribution in [0.15, 0.2) is 48.5 Å². The molecule has 3 amide bonds. The van der Waals surface area contributed by atoms with Crippen molar-refractivity contribution in [3.63, 3.8) is 0 Å². The third kappa shape index (κ3) is 7.05. The van der Waals surface area contributed by atoms with Crippen LogP contribution in [-0.2, 0) is 22.5 Å². The van der Waals surface area contributed by atoms with Gasteiger partial charge in [-0.15, -0.1) is 0 Å². The molecule has 7 nitrogen and oxygen atoms in total.